The van der Waals surface area contributed by atoms with E-state index >= 15 is 0 Å². The molecule has 0 radical (unpaired) electrons. The number of rotatable bonds is 9. The number of amides is 1. The lowest BCUT2D eigenvalue weighted by Crippen LogP contribution is -2.35. The van der Waals surface area contributed by atoms with Crippen molar-refractivity contribution in [2.45, 2.75) is 12.0 Å². The van der Waals surface area contributed by atoms with E-state index in [4.69, 9.17) is 9.26 Å². The summed E-state index contributed by atoms with van der Waals surface area (Å²) in [6.07, 6.45) is 1.84. The van der Waals surface area contributed by atoms with Crippen molar-refractivity contribution < 1.29 is 19.2 Å². The van der Waals surface area contributed by atoms with Crippen LogP contribution in [0.15, 0.2) is 53.2 Å². The quantitative estimate of drug-likeness (QED) is 0.332. The van der Waals surface area contributed by atoms with E-state index in [0.29, 0.717) is 53.6 Å². The molecule has 196 valence electrons. The molecule has 5 heterocycles. The van der Waals surface area contributed by atoms with Gasteiger partial charge in [-0.1, -0.05) is 11.2 Å². The molecule has 4 aromatic heterocycles. The van der Waals surface area contributed by atoms with Gasteiger partial charge in [0.25, 0.3) is 5.91 Å². The van der Waals surface area contributed by atoms with E-state index in [1.54, 1.807) is 49.6 Å². The Morgan fingerprint density at radius 1 is 1.11 bits per heavy atom. The maximum absolute atomic E-state index is 12.4. The first-order valence-corrected chi connectivity index (χ1v) is 12.0. The second kappa shape index (κ2) is 10.5. The summed E-state index contributed by atoms with van der Waals surface area (Å²) in [5, 5.41) is 26.1. The van der Waals surface area contributed by atoms with Gasteiger partial charge in [-0.2, -0.15) is 0 Å². The van der Waals surface area contributed by atoms with E-state index in [0.717, 1.165) is 6.54 Å². The fourth-order valence-corrected chi connectivity index (χ4v) is 3.87. The first-order valence-electron chi connectivity index (χ1n) is 12.0. The molecule has 1 fully saturated rings. The fraction of sp³-hybridized carbons (Fsp3) is 0.320. The van der Waals surface area contributed by atoms with E-state index in [1.807, 2.05) is 25.1 Å². The molecule has 1 aliphatic heterocycles. The van der Waals surface area contributed by atoms with E-state index in [1.165, 1.54) is 4.90 Å². The minimum absolute atomic E-state index is 0.0952. The van der Waals surface area contributed by atoms with Gasteiger partial charge < -0.3 is 29.5 Å². The molecular weight excluding hydrogens is 490 g/mol. The van der Waals surface area contributed by atoms with Crippen LogP contribution in [-0.2, 0) is 10.4 Å². The van der Waals surface area contributed by atoms with Gasteiger partial charge in [-0.05, 0) is 38.4 Å². The molecule has 13 nitrogen and oxygen atoms in total. The first-order chi connectivity index (χ1) is 18.3. The van der Waals surface area contributed by atoms with Gasteiger partial charge in [0.05, 0.1) is 17.1 Å². The maximum atomic E-state index is 12.4. The topological polar surface area (TPSA) is 156 Å². The average Bonchev–Trinajstić information content (AvgIpc) is 3.52. The van der Waals surface area contributed by atoms with Crippen LogP contribution in [0.1, 0.15) is 12.2 Å². The zero-order valence-corrected chi connectivity index (χ0v) is 21.2. The van der Waals surface area contributed by atoms with Crippen molar-refractivity contribution in [3.8, 4) is 28.7 Å². The van der Waals surface area contributed by atoms with Gasteiger partial charge in [0.2, 0.25) is 17.4 Å². The third kappa shape index (κ3) is 5.28. The number of likely N-dealkylation sites (N-methyl/N-ethyl adjacent to an activating group) is 2. The second-order valence-corrected chi connectivity index (χ2v) is 9.12. The van der Waals surface area contributed by atoms with E-state index in [2.05, 4.69) is 35.6 Å². The van der Waals surface area contributed by atoms with E-state index in [-0.39, 0.29) is 12.2 Å². The Bertz CT molecular complexity index is 1430. The minimum atomic E-state index is -1.72. The van der Waals surface area contributed by atoms with Crippen LogP contribution in [0.2, 0.25) is 0 Å². The van der Waals surface area contributed by atoms with Gasteiger partial charge in [-0.15, -0.1) is 10.2 Å². The molecule has 4 aromatic rings. The Morgan fingerprint density at radius 2 is 1.89 bits per heavy atom. The Labute approximate surface area is 218 Å². The lowest BCUT2D eigenvalue weighted by atomic mass is 9.98. The molecular formula is C25H27N9O4. The molecule has 1 saturated heterocycles. The summed E-state index contributed by atoms with van der Waals surface area (Å²) in [4.78, 5) is 29.3. The van der Waals surface area contributed by atoms with Crippen LogP contribution in [-0.4, -0.2) is 92.0 Å². The molecule has 1 atom stereocenters. The number of hydrogen-bond donors (Lipinski definition) is 2. The van der Waals surface area contributed by atoms with Crippen LogP contribution in [0.5, 0.6) is 5.88 Å². The number of ether oxygens (including phenoxy) is 1. The number of pyridine rings is 1. The standard InChI is InChI=1S/C25H27N9O4/c1-33(2)13-14-37-22-8-7-21(30-31-22)29-24-26-11-9-18(28-24)16-5-4-6-17(27-16)19-15-20(38-32-19)25(36)10-12-34(3)23(25)35/h4-9,11,15,36H,10,12-14H2,1-3H3,(H,26,28,29,30). The van der Waals surface area contributed by atoms with Gasteiger partial charge in [0.1, 0.15) is 12.3 Å². The molecule has 0 spiro atoms. The van der Waals surface area contributed by atoms with Crippen molar-refractivity contribution in [3.63, 3.8) is 0 Å². The molecule has 0 saturated carbocycles. The Kier molecular flexibility index (Phi) is 6.94. The molecule has 1 aliphatic rings. The Morgan fingerprint density at radius 3 is 2.61 bits per heavy atom. The van der Waals surface area contributed by atoms with E-state index in [9.17, 15) is 9.90 Å². The summed E-state index contributed by atoms with van der Waals surface area (Å²) in [6.45, 7) is 1.72. The van der Waals surface area contributed by atoms with Crippen LogP contribution in [0.4, 0.5) is 11.8 Å². The summed E-state index contributed by atoms with van der Waals surface area (Å²) < 4.78 is 10.9. The number of anilines is 2. The van der Waals surface area contributed by atoms with Crippen molar-refractivity contribution in [2.75, 3.05) is 46.2 Å². The predicted molar refractivity (Wildman–Crippen MR) is 136 cm³/mol. The second-order valence-electron chi connectivity index (χ2n) is 9.12. The van der Waals surface area contributed by atoms with E-state index < -0.39 is 11.5 Å². The zero-order chi connectivity index (χ0) is 26.7. The number of likely N-dealkylation sites (tertiary alicyclic amines) is 1. The Hall–Kier alpha value is -4.49. The normalized spacial score (nSPS) is 17.3. The molecule has 38 heavy (non-hydrogen) atoms. The minimum Gasteiger partial charge on any atom is -0.475 e. The van der Waals surface area contributed by atoms with Crippen LogP contribution < -0.4 is 10.1 Å². The molecule has 2 N–H and O–H groups in total. The largest absolute Gasteiger partial charge is 0.475 e. The number of carbonyl (C=O) groups excluding carboxylic acids is 1. The number of nitrogens with zero attached hydrogens (tertiary/aromatic N) is 8. The van der Waals surface area contributed by atoms with Gasteiger partial charge in [-0.25, -0.2) is 15.0 Å². The molecule has 1 amide bonds. The van der Waals surface area contributed by atoms with Crippen molar-refractivity contribution in [3.05, 3.63) is 54.4 Å². The van der Waals surface area contributed by atoms with Crippen molar-refractivity contribution in [1.82, 2.24) is 40.1 Å². The maximum Gasteiger partial charge on any atom is 0.262 e. The Balaban J connectivity index is 1.30. The molecule has 13 heteroatoms. The average molecular weight is 518 g/mol. The highest BCUT2D eigenvalue weighted by molar-refractivity contribution is 5.87. The van der Waals surface area contributed by atoms with Gasteiger partial charge >= 0.3 is 0 Å². The summed E-state index contributed by atoms with van der Waals surface area (Å²) in [5.74, 6) is 0.890. The molecule has 5 rings (SSSR count). The third-order valence-corrected chi connectivity index (χ3v) is 6.03. The monoisotopic (exact) mass is 517 g/mol. The number of aromatic nitrogens is 6. The van der Waals surface area contributed by atoms with Gasteiger partial charge in [0, 0.05) is 44.9 Å². The van der Waals surface area contributed by atoms with Crippen molar-refractivity contribution >= 4 is 17.7 Å². The predicted octanol–water partition coefficient (Wildman–Crippen LogP) is 1.72. The lowest BCUT2D eigenvalue weighted by molar-refractivity contribution is -0.144. The summed E-state index contributed by atoms with van der Waals surface area (Å²) in [6, 6.07) is 12.1. The molecule has 0 bridgehead atoms. The molecule has 0 aromatic carbocycles. The van der Waals surface area contributed by atoms with Gasteiger partial charge in [0.15, 0.2) is 11.6 Å². The highest BCUT2D eigenvalue weighted by Gasteiger charge is 2.48. The SMILES string of the molecule is CN(C)CCOc1ccc(Nc2nccc(-c3cccc(-c4cc(C5(O)CCN(C)C5=O)on4)n3)n2)nn1. The lowest BCUT2D eigenvalue weighted by Gasteiger charge is -2.16. The number of carbonyl (C=O) groups is 1. The summed E-state index contributed by atoms with van der Waals surface area (Å²) >= 11 is 0. The smallest absolute Gasteiger partial charge is 0.262 e. The van der Waals surface area contributed by atoms with Crippen LogP contribution in [0.25, 0.3) is 22.8 Å². The number of aliphatic hydroxyl groups is 1. The zero-order valence-electron chi connectivity index (χ0n) is 21.2. The molecule has 1 unspecified atom stereocenters. The first kappa shape index (κ1) is 25.2. The number of nitrogens with one attached hydrogen (secondary N) is 1. The van der Waals surface area contributed by atoms with Crippen LogP contribution in [0.3, 0.4) is 0 Å². The fourth-order valence-electron chi connectivity index (χ4n) is 3.87. The van der Waals surface area contributed by atoms with Crippen LogP contribution in [0, 0.1) is 0 Å². The van der Waals surface area contributed by atoms with Crippen LogP contribution >= 0.6 is 0 Å². The van der Waals surface area contributed by atoms with Gasteiger partial charge in [-0.3, -0.25) is 4.79 Å². The highest BCUT2D eigenvalue weighted by Crippen LogP contribution is 2.34. The number of hydrogen-bond acceptors (Lipinski definition) is 12. The highest BCUT2D eigenvalue weighted by atomic mass is 16.5. The van der Waals surface area contributed by atoms with Crippen molar-refractivity contribution in [1.29, 1.82) is 0 Å². The summed E-state index contributed by atoms with van der Waals surface area (Å²) in [5.41, 5.74) is 0.320. The van der Waals surface area contributed by atoms with Crippen molar-refractivity contribution in [2.24, 2.45) is 0 Å². The summed E-state index contributed by atoms with van der Waals surface area (Å²) in [7, 11) is 5.57. The third-order valence-electron chi connectivity index (χ3n) is 6.03. The molecule has 0 aliphatic carbocycles.